The molecule has 1 N–H and O–H groups in total. The number of benzene rings is 2. The zero-order valence-electron chi connectivity index (χ0n) is 18.6. The van der Waals surface area contributed by atoms with E-state index in [-0.39, 0.29) is 16.8 Å². The van der Waals surface area contributed by atoms with Crippen molar-refractivity contribution in [2.24, 2.45) is 5.92 Å². The van der Waals surface area contributed by atoms with E-state index < -0.39 is 10.0 Å². The molecule has 0 radical (unpaired) electrons. The van der Waals surface area contributed by atoms with Crippen molar-refractivity contribution < 1.29 is 13.2 Å². The Morgan fingerprint density at radius 2 is 1.84 bits per heavy atom. The smallest absolute Gasteiger partial charge is 0.261 e. The van der Waals surface area contributed by atoms with Crippen LogP contribution in [-0.2, 0) is 27.7 Å². The van der Waals surface area contributed by atoms with Crippen molar-refractivity contribution in [1.82, 2.24) is 4.90 Å². The Bertz CT molecular complexity index is 1060. The number of piperidine rings is 1. The number of likely N-dealkylation sites (tertiary alicyclic amines) is 1. The van der Waals surface area contributed by atoms with Crippen molar-refractivity contribution in [2.75, 3.05) is 11.3 Å². The summed E-state index contributed by atoms with van der Waals surface area (Å²) in [6.45, 7) is 6.96. The zero-order valence-corrected chi connectivity index (χ0v) is 19.4. The van der Waals surface area contributed by atoms with Gasteiger partial charge >= 0.3 is 0 Å². The first-order chi connectivity index (χ1) is 14.8. The van der Waals surface area contributed by atoms with E-state index in [0.29, 0.717) is 23.9 Å². The van der Waals surface area contributed by atoms with Gasteiger partial charge in [0.15, 0.2) is 0 Å². The van der Waals surface area contributed by atoms with Gasteiger partial charge in [0.2, 0.25) is 5.91 Å². The second-order valence-corrected chi connectivity index (χ2v) is 10.8. The van der Waals surface area contributed by atoms with Crippen LogP contribution in [0.15, 0.2) is 47.4 Å². The van der Waals surface area contributed by atoms with E-state index >= 15 is 0 Å². The highest BCUT2D eigenvalue weighted by atomic mass is 32.2. The molecule has 6 heteroatoms. The first kappa shape index (κ1) is 21.9. The summed E-state index contributed by atoms with van der Waals surface area (Å²) < 4.78 is 28.5. The summed E-state index contributed by atoms with van der Waals surface area (Å²) in [6, 6.07) is 13.2. The first-order valence-electron chi connectivity index (χ1n) is 11.3. The number of hydrogen-bond donors (Lipinski definition) is 1. The maximum Gasteiger partial charge on any atom is 0.261 e. The Kier molecular flexibility index (Phi) is 6.11. The van der Waals surface area contributed by atoms with Crippen LogP contribution in [0.3, 0.4) is 0 Å². The van der Waals surface area contributed by atoms with E-state index in [0.717, 1.165) is 37.8 Å². The summed E-state index contributed by atoms with van der Waals surface area (Å²) in [6.07, 6.45) is 4.47. The molecule has 0 aromatic heterocycles. The number of carbonyl (C=O) groups excluding carboxylic acids is 1. The molecule has 2 atom stereocenters. The van der Waals surface area contributed by atoms with E-state index in [1.54, 1.807) is 12.1 Å². The van der Waals surface area contributed by atoms with Gasteiger partial charge in [0.05, 0.1) is 4.90 Å². The van der Waals surface area contributed by atoms with Gasteiger partial charge in [-0.15, -0.1) is 0 Å². The molecule has 1 heterocycles. The molecule has 1 saturated heterocycles. The average Bonchev–Trinajstić information content (AvgIpc) is 2.76. The summed E-state index contributed by atoms with van der Waals surface area (Å²) in [7, 11) is -3.63. The van der Waals surface area contributed by atoms with Crippen LogP contribution in [0.25, 0.3) is 0 Å². The second-order valence-electron chi connectivity index (χ2n) is 9.13. The van der Waals surface area contributed by atoms with Crippen LogP contribution in [0.1, 0.15) is 62.6 Å². The summed E-state index contributed by atoms with van der Waals surface area (Å²) in [5.41, 5.74) is 4.14. The van der Waals surface area contributed by atoms with Crippen LogP contribution >= 0.6 is 0 Å². The quantitative estimate of drug-likeness (QED) is 0.731. The molecule has 1 fully saturated rings. The fourth-order valence-electron chi connectivity index (χ4n) is 5.00. The molecule has 1 aliphatic carbocycles. The van der Waals surface area contributed by atoms with Crippen molar-refractivity contribution in [3.8, 4) is 0 Å². The van der Waals surface area contributed by atoms with Gasteiger partial charge in [-0.05, 0) is 78.5 Å². The third-order valence-corrected chi connectivity index (χ3v) is 8.17. The number of anilines is 1. The number of fused-ring (bicyclic) bond motifs is 2. The number of hydrogen-bond acceptors (Lipinski definition) is 3. The van der Waals surface area contributed by atoms with Gasteiger partial charge in [0.1, 0.15) is 0 Å². The lowest BCUT2D eigenvalue weighted by atomic mass is 9.75. The molecule has 4 rings (SSSR count). The molecule has 166 valence electrons. The minimum atomic E-state index is -3.63. The molecular weight excluding hydrogens is 408 g/mol. The van der Waals surface area contributed by atoms with Crippen LogP contribution in [0, 0.1) is 5.92 Å². The molecule has 2 aromatic carbocycles. The summed E-state index contributed by atoms with van der Waals surface area (Å²) in [4.78, 5) is 14.7. The third kappa shape index (κ3) is 4.49. The molecule has 31 heavy (non-hydrogen) atoms. The largest absolute Gasteiger partial charge is 0.339 e. The van der Waals surface area contributed by atoms with Gasteiger partial charge in [-0.25, -0.2) is 8.42 Å². The molecule has 1 aliphatic heterocycles. The highest BCUT2D eigenvalue weighted by Gasteiger charge is 2.37. The second kappa shape index (κ2) is 8.65. The van der Waals surface area contributed by atoms with Crippen LogP contribution in [-0.4, -0.2) is 31.8 Å². The Balaban J connectivity index is 1.53. The van der Waals surface area contributed by atoms with E-state index in [1.807, 2.05) is 37.3 Å². The van der Waals surface area contributed by atoms with Crippen molar-refractivity contribution in [3.63, 3.8) is 0 Å². The molecule has 1 amide bonds. The lowest BCUT2D eigenvalue weighted by molar-refractivity contribution is -0.136. The summed E-state index contributed by atoms with van der Waals surface area (Å²) >= 11 is 0. The lowest BCUT2D eigenvalue weighted by Gasteiger charge is -2.44. The number of carbonyl (C=O) groups is 1. The first-order valence-corrected chi connectivity index (χ1v) is 12.8. The Morgan fingerprint density at radius 1 is 1.10 bits per heavy atom. The minimum absolute atomic E-state index is 0.242. The van der Waals surface area contributed by atoms with Crippen molar-refractivity contribution in [3.05, 3.63) is 59.2 Å². The molecule has 2 aromatic rings. The van der Waals surface area contributed by atoms with Gasteiger partial charge in [-0.3, -0.25) is 9.52 Å². The number of nitrogens with zero attached hydrogens (tertiary/aromatic N) is 1. The standard InChI is InChI=1S/C25H32N2O3S/c1-4-25(28)27-13-5-6-20-14-21-15-22(10-7-19(21)16-24(20)27)26-31(29,30)23-11-8-18(9-12-23)17(2)3/h7-12,15,17,20,24,26H,4-6,13-14,16H2,1-3H3/t20-,24-/m0/s1. The minimum Gasteiger partial charge on any atom is -0.339 e. The molecular formula is C25H32N2O3S. The predicted molar refractivity (Wildman–Crippen MR) is 124 cm³/mol. The Labute approximate surface area is 185 Å². The highest BCUT2D eigenvalue weighted by molar-refractivity contribution is 7.92. The Hall–Kier alpha value is -2.34. The fourth-order valence-corrected chi connectivity index (χ4v) is 6.05. The van der Waals surface area contributed by atoms with Crippen molar-refractivity contribution >= 4 is 21.6 Å². The summed E-state index contributed by atoms with van der Waals surface area (Å²) in [5, 5.41) is 0. The molecule has 0 unspecified atom stereocenters. The van der Waals surface area contributed by atoms with Crippen LogP contribution < -0.4 is 4.72 Å². The Morgan fingerprint density at radius 3 is 2.52 bits per heavy atom. The topological polar surface area (TPSA) is 66.5 Å². The lowest BCUT2D eigenvalue weighted by Crippen LogP contribution is -2.51. The van der Waals surface area contributed by atoms with Crippen LogP contribution in [0.4, 0.5) is 5.69 Å². The summed E-state index contributed by atoms with van der Waals surface area (Å²) in [5.74, 6) is 1.05. The molecule has 5 nitrogen and oxygen atoms in total. The van der Waals surface area contributed by atoms with E-state index in [2.05, 4.69) is 23.5 Å². The maximum atomic E-state index is 12.9. The fraction of sp³-hybridized carbons (Fsp3) is 0.480. The van der Waals surface area contributed by atoms with Crippen molar-refractivity contribution in [2.45, 2.75) is 69.7 Å². The van der Waals surface area contributed by atoms with Crippen LogP contribution in [0.2, 0.25) is 0 Å². The van der Waals surface area contributed by atoms with E-state index in [1.165, 1.54) is 11.1 Å². The van der Waals surface area contributed by atoms with Crippen LogP contribution in [0.5, 0.6) is 0 Å². The molecule has 2 aliphatic rings. The predicted octanol–water partition coefficient (Wildman–Crippen LogP) is 4.73. The number of rotatable bonds is 5. The number of sulfonamides is 1. The van der Waals surface area contributed by atoms with Gasteiger partial charge in [-0.2, -0.15) is 0 Å². The number of nitrogens with one attached hydrogen (secondary N) is 1. The van der Waals surface area contributed by atoms with E-state index in [9.17, 15) is 13.2 Å². The molecule has 0 saturated carbocycles. The SMILES string of the molecule is CCC(=O)N1CCC[C@H]2Cc3cc(NS(=O)(=O)c4ccc(C(C)C)cc4)ccc3C[C@@H]21. The van der Waals surface area contributed by atoms with Gasteiger partial charge in [0.25, 0.3) is 10.0 Å². The highest BCUT2D eigenvalue weighted by Crippen LogP contribution is 2.36. The monoisotopic (exact) mass is 440 g/mol. The van der Waals surface area contributed by atoms with Gasteiger partial charge < -0.3 is 4.90 Å². The molecule has 0 spiro atoms. The van der Waals surface area contributed by atoms with E-state index in [4.69, 9.17) is 0 Å². The maximum absolute atomic E-state index is 12.9. The third-order valence-electron chi connectivity index (χ3n) is 6.77. The normalized spacial score (nSPS) is 20.8. The zero-order chi connectivity index (χ0) is 22.2. The van der Waals surface area contributed by atoms with Gasteiger partial charge in [-0.1, -0.05) is 39.0 Å². The number of amides is 1. The van der Waals surface area contributed by atoms with Gasteiger partial charge in [0, 0.05) is 24.7 Å². The average molecular weight is 441 g/mol. The van der Waals surface area contributed by atoms with Crippen molar-refractivity contribution in [1.29, 1.82) is 0 Å². The molecule has 0 bridgehead atoms.